The summed E-state index contributed by atoms with van der Waals surface area (Å²) in [5.74, 6) is 0.469. The molecule has 0 N–H and O–H groups in total. The first-order valence-electron chi connectivity index (χ1n) is 5.63. The van der Waals surface area contributed by atoms with Crippen LogP contribution in [0.25, 0.3) is 0 Å². The Labute approximate surface area is 85.4 Å². The molecule has 1 unspecified atom stereocenters. The molecule has 14 heavy (non-hydrogen) atoms. The molecule has 0 aromatic rings. The largest absolute Gasteiger partial charge is 0.366 e. The highest BCUT2D eigenvalue weighted by atomic mass is 16.5. The lowest BCUT2D eigenvalue weighted by molar-refractivity contribution is -0.163. The van der Waals surface area contributed by atoms with Crippen LogP contribution in [0.4, 0.5) is 0 Å². The number of carbonyl (C=O) groups is 1. The van der Waals surface area contributed by atoms with Crippen molar-refractivity contribution in [3.63, 3.8) is 0 Å². The van der Waals surface area contributed by atoms with Crippen LogP contribution in [0, 0.1) is 5.92 Å². The molecule has 2 bridgehead atoms. The van der Waals surface area contributed by atoms with E-state index in [2.05, 4.69) is 11.8 Å². The van der Waals surface area contributed by atoms with Crippen molar-refractivity contribution in [2.75, 3.05) is 26.2 Å². The van der Waals surface area contributed by atoms with Gasteiger partial charge in [-0.3, -0.25) is 4.90 Å². The van der Waals surface area contributed by atoms with Gasteiger partial charge in [0.1, 0.15) is 5.60 Å². The summed E-state index contributed by atoms with van der Waals surface area (Å²) < 4.78 is 5.79. The first-order chi connectivity index (χ1) is 6.80. The lowest BCUT2D eigenvalue weighted by atomic mass is 9.76. The second-order valence-electron chi connectivity index (χ2n) is 4.47. The van der Waals surface area contributed by atoms with E-state index < -0.39 is 5.60 Å². The third kappa shape index (κ3) is 1.59. The highest BCUT2D eigenvalue weighted by molar-refractivity contribution is 5.64. The van der Waals surface area contributed by atoms with E-state index in [1.807, 2.05) is 0 Å². The average Bonchev–Trinajstić information content (AvgIpc) is 2.28. The fourth-order valence-corrected chi connectivity index (χ4v) is 2.68. The van der Waals surface area contributed by atoms with Crippen molar-refractivity contribution in [2.45, 2.75) is 31.8 Å². The van der Waals surface area contributed by atoms with Gasteiger partial charge in [0.05, 0.1) is 0 Å². The minimum absolute atomic E-state index is 0.466. The van der Waals surface area contributed by atoms with Crippen molar-refractivity contribution in [3.05, 3.63) is 0 Å². The Morgan fingerprint density at radius 2 is 2.21 bits per heavy atom. The fraction of sp³-hybridized carbons (Fsp3) is 0.909. The number of ether oxygens (including phenoxy) is 1. The molecule has 0 amide bonds. The first kappa shape index (κ1) is 10.1. The van der Waals surface area contributed by atoms with Crippen molar-refractivity contribution < 1.29 is 9.53 Å². The maximum Gasteiger partial charge on any atom is 0.153 e. The first-order valence-corrected chi connectivity index (χ1v) is 5.63. The van der Waals surface area contributed by atoms with E-state index in [1.165, 1.54) is 0 Å². The average molecular weight is 197 g/mol. The molecule has 1 atom stereocenters. The van der Waals surface area contributed by atoms with Crippen LogP contribution in [0.3, 0.4) is 0 Å². The molecule has 3 heteroatoms. The summed E-state index contributed by atoms with van der Waals surface area (Å²) in [6.07, 6.45) is 4.30. The van der Waals surface area contributed by atoms with Gasteiger partial charge in [-0.1, -0.05) is 6.92 Å². The van der Waals surface area contributed by atoms with E-state index in [4.69, 9.17) is 4.74 Å². The number of aldehydes is 1. The van der Waals surface area contributed by atoms with E-state index in [-0.39, 0.29) is 0 Å². The van der Waals surface area contributed by atoms with Crippen LogP contribution in [0.5, 0.6) is 0 Å². The van der Waals surface area contributed by atoms with Crippen LogP contribution < -0.4 is 0 Å². The monoisotopic (exact) mass is 197 g/mol. The van der Waals surface area contributed by atoms with Crippen LogP contribution in [0.1, 0.15) is 26.2 Å². The number of fused-ring (bicyclic) bond motifs is 3. The Morgan fingerprint density at radius 1 is 1.50 bits per heavy atom. The number of carbonyl (C=O) groups excluding carboxylic acids is 1. The zero-order valence-electron chi connectivity index (χ0n) is 8.87. The van der Waals surface area contributed by atoms with Gasteiger partial charge >= 0.3 is 0 Å². The highest BCUT2D eigenvalue weighted by Crippen LogP contribution is 2.36. The zero-order chi connectivity index (χ0) is 10.0. The van der Waals surface area contributed by atoms with Gasteiger partial charge in [0.15, 0.2) is 6.29 Å². The highest BCUT2D eigenvalue weighted by Gasteiger charge is 2.47. The van der Waals surface area contributed by atoms with Crippen LogP contribution in [-0.2, 0) is 9.53 Å². The molecule has 3 nitrogen and oxygen atoms in total. The molecule has 3 aliphatic rings. The van der Waals surface area contributed by atoms with Gasteiger partial charge in [0, 0.05) is 13.2 Å². The van der Waals surface area contributed by atoms with Crippen molar-refractivity contribution in [1.29, 1.82) is 0 Å². The third-order valence-corrected chi connectivity index (χ3v) is 3.52. The lowest BCUT2D eigenvalue weighted by Gasteiger charge is -2.50. The topological polar surface area (TPSA) is 29.5 Å². The lowest BCUT2D eigenvalue weighted by Crippen LogP contribution is -2.61. The Balaban J connectivity index is 2.07. The van der Waals surface area contributed by atoms with E-state index in [0.29, 0.717) is 12.5 Å². The van der Waals surface area contributed by atoms with Crippen LogP contribution >= 0.6 is 0 Å². The summed E-state index contributed by atoms with van der Waals surface area (Å²) >= 11 is 0. The summed E-state index contributed by atoms with van der Waals surface area (Å²) in [4.78, 5) is 13.6. The number of hydrogen-bond donors (Lipinski definition) is 0. The number of rotatable bonds is 4. The Hall–Kier alpha value is -0.410. The summed E-state index contributed by atoms with van der Waals surface area (Å²) in [6, 6.07) is 0. The minimum Gasteiger partial charge on any atom is -0.366 e. The van der Waals surface area contributed by atoms with Crippen molar-refractivity contribution in [2.24, 2.45) is 5.92 Å². The Morgan fingerprint density at radius 3 is 2.64 bits per heavy atom. The van der Waals surface area contributed by atoms with Crippen LogP contribution in [0.2, 0.25) is 0 Å². The van der Waals surface area contributed by atoms with Crippen molar-refractivity contribution in [3.8, 4) is 0 Å². The van der Waals surface area contributed by atoms with Crippen LogP contribution in [-0.4, -0.2) is 43.0 Å². The summed E-state index contributed by atoms with van der Waals surface area (Å²) in [5.41, 5.74) is -0.466. The predicted octanol–water partition coefficient (Wildman–Crippen LogP) is 1.08. The molecular formula is C11H19NO2. The minimum atomic E-state index is -0.466. The van der Waals surface area contributed by atoms with Gasteiger partial charge < -0.3 is 9.53 Å². The zero-order valence-corrected chi connectivity index (χ0v) is 8.87. The smallest absolute Gasteiger partial charge is 0.153 e. The molecule has 0 aromatic heterocycles. The van der Waals surface area contributed by atoms with Crippen LogP contribution in [0.15, 0.2) is 0 Å². The number of piperidine rings is 3. The van der Waals surface area contributed by atoms with E-state index >= 15 is 0 Å². The van der Waals surface area contributed by atoms with Gasteiger partial charge in [-0.2, -0.15) is 0 Å². The molecule has 0 aliphatic carbocycles. The van der Waals surface area contributed by atoms with Gasteiger partial charge in [-0.15, -0.1) is 0 Å². The van der Waals surface area contributed by atoms with E-state index in [9.17, 15) is 4.79 Å². The van der Waals surface area contributed by atoms with E-state index in [1.54, 1.807) is 0 Å². The summed E-state index contributed by atoms with van der Waals surface area (Å²) in [7, 11) is 0. The normalized spacial score (nSPS) is 41.2. The quantitative estimate of drug-likeness (QED) is 0.631. The molecule has 3 aliphatic heterocycles. The standard InChI is InChI=1S/C11H19NO2/c1-2-7-14-11(9-13)8-12-5-3-10(11)4-6-12/h9-10H,2-8H2,1H3. The van der Waals surface area contributed by atoms with E-state index in [0.717, 1.165) is 45.2 Å². The molecule has 3 heterocycles. The second-order valence-corrected chi connectivity index (χ2v) is 4.47. The molecule has 0 saturated carbocycles. The molecule has 3 rings (SSSR count). The predicted molar refractivity (Wildman–Crippen MR) is 54.2 cm³/mol. The maximum absolute atomic E-state index is 11.2. The van der Waals surface area contributed by atoms with Gasteiger partial charge in [-0.25, -0.2) is 0 Å². The summed E-state index contributed by atoms with van der Waals surface area (Å²) in [5, 5.41) is 0. The molecule has 3 fully saturated rings. The fourth-order valence-electron chi connectivity index (χ4n) is 2.68. The molecule has 3 saturated heterocycles. The second kappa shape index (κ2) is 3.99. The molecular weight excluding hydrogens is 178 g/mol. The number of nitrogens with zero attached hydrogens (tertiary/aromatic N) is 1. The molecule has 0 spiro atoms. The van der Waals surface area contributed by atoms with Crippen molar-refractivity contribution >= 4 is 6.29 Å². The van der Waals surface area contributed by atoms with Gasteiger partial charge in [0.25, 0.3) is 0 Å². The SMILES string of the molecule is CCCOC1(C=O)CN2CCC1CC2. The summed E-state index contributed by atoms with van der Waals surface area (Å²) in [6.45, 7) is 5.91. The van der Waals surface area contributed by atoms with Gasteiger partial charge in [0.2, 0.25) is 0 Å². The molecule has 0 radical (unpaired) electrons. The molecule has 0 aromatic carbocycles. The maximum atomic E-state index is 11.2. The van der Waals surface area contributed by atoms with Gasteiger partial charge in [-0.05, 0) is 38.3 Å². The van der Waals surface area contributed by atoms with Crippen molar-refractivity contribution in [1.82, 2.24) is 4.90 Å². The Kier molecular flexibility index (Phi) is 2.88. The number of hydrogen-bond acceptors (Lipinski definition) is 3. The molecule has 80 valence electrons. The third-order valence-electron chi connectivity index (χ3n) is 3.52. The Bertz CT molecular complexity index is 211.